The van der Waals surface area contributed by atoms with Gasteiger partial charge in [0.05, 0.1) is 13.2 Å². The molecule has 0 atom stereocenters. The number of benzene rings is 2. The van der Waals surface area contributed by atoms with E-state index in [9.17, 15) is 9.59 Å². The van der Waals surface area contributed by atoms with E-state index in [4.69, 9.17) is 9.47 Å². The van der Waals surface area contributed by atoms with Crippen LogP contribution in [0.4, 0.5) is 0 Å². The fraction of sp³-hybridized carbons (Fsp3) is 0.720. The average molecular weight is 747 g/mol. The second-order valence-electron chi connectivity index (χ2n) is 16.0. The molecule has 4 heteroatoms. The van der Waals surface area contributed by atoms with Gasteiger partial charge in [0.2, 0.25) is 11.6 Å². The number of hydrogen-bond acceptors (Lipinski definition) is 4. The first-order valence-corrected chi connectivity index (χ1v) is 23.2. The normalized spacial score (nSPS) is 11.2. The zero-order valence-corrected chi connectivity index (χ0v) is 35.3. The lowest BCUT2D eigenvalue weighted by molar-refractivity contribution is 0.0817. The molecule has 4 nitrogen and oxygen atoms in total. The van der Waals surface area contributed by atoms with Crippen molar-refractivity contribution < 1.29 is 19.1 Å². The largest absolute Gasteiger partial charge is 0.494 e. The summed E-state index contributed by atoms with van der Waals surface area (Å²) < 4.78 is 11.8. The summed E-state index contributed by atoms with van der Waals surface area (Å²) >= 11 is 0. The van der Waals surface area contributed by atoms with E-state index in [0.717, 1.165) is 24.3 Å². The Hall–Kier alpha value is -2.62. The van der Waals surface area contributed by atoms with Crippen LogP contribution < -0.4 is 9.47 Å². The molecule has 0 saturated heterocycles. The van der Waals surface area contributed by atoms with Crippen molar-refractivity contribution in [3.8, 4) is 11.5 Å². The fourth-order valence-electron chi connectivity index (χ4n) is 7.35. The molecule has 0 aliphatic carbocycles. The second kappa shape index (κ2) is 34.8. The van der Waals surface area contributed by atoms with E-state index in [1.165, 1.54) is 193 Å². The number of carbonyl (C=O) groups is 2. The molecule has 0 heterocycles. The third kappa shape index (κ3) is 25.5. The number of ketones is 2. The van der Waals surface area contributed by atoms with Crippen molar-refractivity contribution in [2.75, 3.05) is 13.2 Å². The number of ether oxygens (including phenoxy) is 2. The van der Waals surface area contributed by atoms with Gasteiger partial charge >= 0.3 is 0 Å². The molecule has 2 aromatic carbocycles. The van der Waals surface area contributed by atoms with E-state index < -0.39 is 11.6 Å². The van der Waals surface area contributed by atoms with Gasteiger partial charge in [-0.3, -0.25) is 9.59 Å². The van der Waals surface area contributed by atoms with Gasteiger partial charge in [0.25, 0.3) is 0 Å². The molecule has 0 N–H and O–H groups in total. The molecule has 0 aliphatic rings. The fourth-order valence-corrected chi connectivity index (χ4v) is 7.35. The lowest BCUT2D eigenvalue weighted by Gasteiger charge is -2.08. The zero-order chi connectivity index (χ0) is 38.6. The van der Waals surface area contributed by atoms with Crippen LogP contribution in [0, 0.1) is 0 Å². The van der Waals surface area contributed by atoms with E-state index in [1.54, 1.807) is 48.5 Å². The molecular weight excluding hydrogens is 665 g/mol. The SMILES string of the molecule is CCCCCCCCCCCCCCCCCCOc1ccc(C(=O)C(=O)c2ccc(OCCCCCCCCCCCCCCCCCC)cc2)cc1. The van der Waals surface area contributed by atoms with Crippen LogP contribution in [0.3, 0.4) is 0 Å². The molecule has 2 aromatic rings. The summed E-state index contributed by atoms with van der Waals surface area (Å²) in [5.74, 6) is 0.485. The molecule has 306 valence electrons. The van der Waals surface area contributed by atoms with Crippen molar-refractivity contribution in [3.63, 3.8) is 0 Å². The summed E-state index contributed by atoms with van der Waals surface area (Å²) in [4.78, 5) is 25.8. The topological polar surface area (TPSA) is 52.6 Å². The summed E-state index contributed by atoms with van der Waals surface area (Å²) in [7, 11) is 0. The van der Waals surface area contributed by atoms with E-state index in [-0.39, 0.29) is 0 Å². The van der Waals surface area contributed by atoms with Gasteiger partial charge in [-0.1, -0.05) is 206 Å². The molecule has 0 amide bonds. The Morgan fingerprint density at radius 1 is 0.315 bits per heavy atom. The number of hydrogen-bond donors (Lipinski definition) is 0. The van der Waals surface area contributed by atoms with Crippen molar-refractivity contribution in [2.24, 2.45) is 0 Å². The summed E-state index contributed by atoms with van der Waals surface area (Å²) in [6.45, 7) is 5.93. The van der Waals surface area contributed by atoms with Crippen molar-refractivity contribution in [1.82, 2.24) is 0 Å². The Morgan fingerprint density at radius 2 is 0.519 bits per heavy atom. The van der Waals surface area contributed by atoms with Gasteiger partial charge in [-0.25, -0.2) is 0 Å². The molecular formula is C50H82O4. The Morgan fingerprint density at radius 3 is 0.741 bits per heavy atom. The summed E-state index contributed by atoms with van der Waals surface area (Å²) in [5.41, 5.74) is 0.775. The van der Waals surface area contributed by atoms with Crippen molar-refractivity contribution in [1.29, 1.82) is 0 Å². The predicted octanol–water partition coefficient (Wildman–Crippen LogP) is 16.0. The quantitative estimate of drug-likeness (QED) is 0.0388. The van der Waals surface area contributed by atoms with Crippen molar-refractivity contribution >= 4 is 11.6 Å². The minimum absolute atomic E-state index is 0.388. The Bertz CT molecular complexity index is 1050. The van der Waals surface area contributed by atoms with Crippen LogP contribution in [0.15, 0.2) is 48.5 Å². The molecule has 0 unspecified atom stereocenters. The average Bonchev–Trinajstić information content (AvgIpc) is 3.20. The smallest absolute Gasteiger partial charge is 0.233 e. The standard InChI is InChI=1S/C50H82O4/c1-3-5-7-9-11-13-15-17-19-21-23-25-27-29-31-33-43-53-47-39-35-45(36-40-47)49(51)50(52)46-37-41-48(42-38-46)54-44-34-32-30-28-26-24-22-20-18-16-14-12-10-8-6-4-2/h35-42H,3-34,43-44H2,1-2H3. The third-order valence-corrected chi connectivity index (χ3v) is 11.0. The maximum atomic E-state index is 12.9. The number of unbranched alkanes of at least 4 members (excludes halogenated alkanes) is 30. The van der Waals surface area contributed by atoms with Gasteiger partial charge in [-0.15, -0.1) is 0 Å². The molecule has 0 aliphatic heterocycles. The molecule has 0 spiro atoms. The van der Waals surface area contributed by atoms with E-state index in [0.29, 0.717) is 24.3 Å². The van der Waals surface area contributed by atoms with Crippen molar-refractivity contribution in [3.05, 3.63) is 59.7 Å². The van der Waals surface area contributed by atoms with Gasteiger partial charge in [0.1, 0.15) is 11.5 Å². The van der Waals surface area contributed by atoms with Crippen LogP contribution in [-0.2, 0) is 0 Å². The monoisotopic (exact) mass is 747 g/mol. The highest BCUT2D eigenvalue weighted by Gasteiger charge is 2.18. The number of rotatable bonds is 39. The lowest BCUT2D eigenvalue weighted by atomic mass is 10.0. The summed E-state index contributed by atoms with van der Waals surface area (Å²) in [6, 6.07) is 13.9. The molecule has 0 bridgehead atoms. The first-order valence-electron chi connectivity index (χ1n) is 23.2. The molecule has 0 saturated carbocycles. The molecule has 0 radical (unpaired) electrons. The Labute approximate surface area is 333 Å². The van der Waals surface area contributed by atoms with Crippen LogP contribution in [0.5, 0.6) is 11.5 Å². The maximum Gasteiger partial charge on any atom is 0.233 e. The van der Waals surface area contributed by atoms with Gasteiger partial charge in [-0.2, -0.15) is 0 Å². The first kappa shape index (κ1) is 47.5. The maximum absolute atomic E-state index is 12.9. The van der Waals surface area contributed by atoms with Gasteiger partial charge < -0.3 is 9.47 Å². The van der Waals surface area contributed by atoms with Gasteiger partial charge in [0, 0.05) is 11.1 Å². The highest BCUT2D eigenvalue weighted by atomic mass is 16.5. The summed E-state index contributed by atoms with van der Waals surface area (Å²) in [6.07, 6.45) is 43.3. The van der Waals surface area contributed by atoms with E-state index in [2.05, 4.69) is 13.8 Å². The zero-order valence-electron chi connectivity index (χ0n) is 35.3. The minimum atomic E-state index is -0.499. The number of carbonyl (C=O) groups excluding carboxylic acids is 2. The molecule has 0 fully saturated rings. The predicted molar refractivity (Wildman–Crippen MR) is 232 cm³/mol. The van der Waals surface area contributed by atoms with E-state index in [1.807, 2.05) is 0 Å². The van der Waals surface area contributed by atoms with Crippen LogP contribution >= 0.6 is 0 Å². The van der Waals surface area contributed by atoms with Crippen LogP contribution in [0.2, 0.25) is 0 Å². The highest BCUT2D eigenvalue weighted by Crippen LogP contribution is 2.19. The van der Waals surface area contributed by atoms with Crippen LogP contribution in [0.1, 0.15) is 240 Å². The van der Waals surface area contributed by atoms with Crippen LogP contribution in [-0.4, -0.2) is 24.8 Å². The molecule has 0 aromatic heterocycles. The van der Waals surface area contributed by atoms with Gasteiger partial charge in [-0.05, 0) is 61.4 Å². The number of Topliss-reactive ketones (excluding diaryl/α,β-unsaturated/α-hetero) is 2. The first-order chi connectivity index (χ1) is 26.7. The second-order valence-corrected chi connectivity index (χ2v) is 16.0. The van der Waals surface area contributed by atoms with Gasteiger partial charge in [0.15, 0.2) is 0 Å². The van der Waals surface area contributed by atoms with Crippen molar-refractivity contribution in [2.45, 2.75) is 219 Å². The Balaban J connectivity index is 1.44. The third-order valence-electron chi connectivity index (χ3n) is 11.0. The summed E-state index contributed by atoms with van der Waals surface area (Å²) in [5, 5.41) is 0. The highest BCUT2D eigenvalue weighted by molar-refractivity contribution is 6.49. The van der Waals surface area contributed by atoms with Crippen LogP contribution in [0.25, 0.3) is 0 Å². The minimum Gasteiger partial charge on any atom is -0.494 e. The molecule has 2 rings (SSSR count). The van der Waals surface area contributed by atoms with E-state index >= 15 is 0 Å². The molecule has 54 heavy (non-hydrogen) atoms. The lowest BCUT2D eigenvalue weighted by Crippen LogP contribution is -2.14. The Kier molecular flexibility index (Phi) is 30.7.